The van der Waals surface area contributed by atoms with Crippen LogP contribution in [0.25, 0.3) is 0 Å². The number of likely N-dealkylation sites (tertiary alicyclic amines) is 1. The van der Waals surface area contributed by atoms with E-state index in [0.29, 0.717) is 55.2 Å². The van der Waals surface area contributed by atoms with Gasteiger partial charge in [0.1, 0.15) is 34.2 Å². The number of carbonyl (C=O) groups is 2. The zero-order chi connectivity index (χ0) is 22.0. The van der Waals surface area contributed by atoms with E-state index in [9.17, 15) is 9.59 Å². The van der Waals surface area contributed by atoms with Crippen LogP contribution < -0.4 is 18.9 Å². The maximum absolute atomic E-state index is 13.0. The third-order valence-corrected chi connectivity index (χ3v) is 6.12. The van der Waals surface area contributed by atoms with Crippen molar-refractivity contribution in [2.75, 3.05) is 34.4 Å². The number of amides is 1. The largest absolute Gasteiger partial charge is 0.497 e. The van der Waals surface area contributed by atoms with Crippen LogP contribution in [0.5, 0.6) is 23.0 Å². The van der Waals surface area contributed by atoms with Crippen molar-refractivity contribution in [3.8, 4) is 23.0 Å². The van der Waals surface area contributed by atoms with Gasteiger partial charge in [-0.2, -0.15) is 0 Å². The Morgan fingerprint density at radius 1 is 1.00 bits per heavy atom. The second-order valence-corrected chi connectivity index (χ2v) is 7.99. The highest BCUT2D eigenvalue weighted by Gasteiger charge is 2.44. The summed E-state index contributed by atoms with van der Waals surface area (Å²) in [6, 6.07) is 11.0. The molecule has 4 rings (SSSR count). The first-order valence-corrected chi connectivity index (χ1v) is 10.4. The fraction of sp³-hybridized carbons (Fsp3) is 0.417. The van der Waals surface area contributed by atoms with E-state index in [1.54, 1.807) is 26.4 Å². The second-order valence-electron chi connectivity index (χ2n) is 7.99. The summed E-state index contributed by atoms with van der Waals surface area (Å²) in [5.74, 6) is 2.37. The van der Waals surface area contributed by atoms with Gasteiger partial charge in [0.15, 0.2) is 5.78 Å². The average Bonchev–Trinajstić information content (AvgIpc) is 2.78. The molecule has 0 radical (unpaired) electrons. The maximum Gasteiger partial charge on any atom is 0.226 e. The van der Waals surface area contributed by atoms with Crippen molar-refractivity contribution in [3.63, 3.8) is 0 Å². The number of carbonyl (C=O) groups excluding carboxylic acids is 2. The Morgan fingerprint density at radius 3 is 2.29 bits per heavy atom. The molecule has 7 nitrogen and oxygen atoms in total. The van der Waals surface area contributed by atoms with Crippen molar-refractivity contribution in [2.45, 2.75) is 31.3 Å². The lowest BCUT2D eigenvalue weighted by Crippen LogP contribution is -2.52. The molecule has 0 bridgehead atoms. The number of nitrogens with zero attached hydrogens (tertiary/aromatic N) is 1. The first-order chi connectivity index (χ1) is 15.0. The molecule has 2 heterocycles. The van der Waals surface area contributed by atoms with Gasteiger partial charge in [-0.15, -0.1) is 0 Å². The highest BCUT2D eigenvalue weighted by molar-refractivity contribution is 6.03. The fourth-order valence-electron chi connectivity index (χ4n) is 4.32. The molecule has 1 spiro atoms. The Morgan fingerprint density at radius 2 is 1.68 bits per heavy atom. The van der Waals surface area contributed by atoms with Gasteiger partial charge in [0, 0.05) is 38.1 Å². The highest BCUT2D eigenvalue weighted by Crippen LogP contribution is 2.44. The van der Waals surface area contributed by atoms with Crippen molar-refractivity contribution >= 4 is 11.7 Å². The first-order valence-electron chi connectivity index (χ1n) is 10.4. The number of Topliss-reactive ketones (excluding diaryl/α,β-unsaturated/α-hetero) is 1. The zero-order valence-electron chi connectivity index (χ0n) is 18.1. The summed E-state index contributed by atoms with van der Waals surface area (Å²) in [6.07, 6.45) is 1.83. The van der Waals surface area contributed by atoms with E-state index in [-0.39, 0.29) is 18.1 Å². The van der Waals surface area contributed by atoms with E-state index in [4.69, 9.17) is 18.9 Å². The summed E-state index contributed by atoms with van der Waals surface area (Å²) in [6.45, 7) is 1.11. The van der Waals surface area contributed by atoms with Crippen molar-refractivity contribution in [1.82, 2.24) is 4.90 Å². The van der Waals surface area contributed by atoms with E-state index in [1.807, 2.05) is 29.2 Å². The third kappa shape index (κ3) is 4.17. The number of hydrogen-bond acceptors (Lipinski definition) is 6. The molecule has 1 saturated heterocycles. The lowest BCUT2D eigenvalue weighted by Gasteiger charge is -2.44. The van der Waals surface area contributed by atoms with Gasteiger partial charge in [-0.25, -0.2) is 0 Å². The Balaban J connectivity index is 1.44. The van der Waals surface area contributed by atoms with Crippen LogP contribution in [0.15, 0.2) is 36.4 Å². The Labute approximate surface area is 181 Å². The summed E-state index contributed by atoms with van der Waals surface area (Å²) in [4.78, 5) is 27.6. The number of piperidine rings is 1. The van der Waals surface area contributed by atoms with Crippen LogP contribution in [0.4, 0.5) is 0 Å². The lowest BCUT2D eigenvalue weighted by molar-refractivity contribution is -0.134. The molecular weight excluding hydrogens is 398 g/mol. The average molecular weight is 425 g/mol. The van der Waals surface area contributed by atoms with E-state index in [0.717, 1.165) is 11.3 Å². The van der Waals surface area contributed by atoms with Crippen molar-refractivity contribution in [3.05, 3.63) is 47.5 Å². The highest BCUT2D eigenvalue weighted by atomic mass is 16.5. The minimum Gasteiger partial charge on any atom is -0.497 e. The van der Waals surface area contributed by atoms with Gasteiger partial charge in [-0.3, -0.25) is 9.59 Å². The van der Waals surface area contributed by atoms with Gasteiger partial charge in [-0.1, -0.05) is 12.1 Å². The van der Waals surface area contributed by atoms with Crippen LogP contribution in [0, 0.1) is 0 Å². The van der Waals surface area contributed by atoms with Crippen LogP contribution >= 0.6 is 0 Å². The summed E-state index contributed by atoms with van der Waals surface area (Å²) >= 11 is 0. The molecule has 2 aromatic carbocycles. The van der Waals surface area contributed by atoms with Crippen molar-refractivity contribution in [1.29, 1.82) is 0 Å². The van der Waals surface area contributed by atoms with Gasteiger partial charge in [0.25, 0.3) is 0 Å². The van der Waals surface area contributed by atoms with Crippen molar-refractivity contribution < 1.29 is 28.5 Å². The minimum atomic E-state index is -0.599. The predicted molar refractivity (Wildman–Crippen MR) is 114 cm³/mol. The van der Waals surface area contributed by atoms with Crippen molar-refractivity contribution in [2.24, 2.45) is 0 Å². The normalized spacial score (nSPS) is 17.0. The van der Waals surface area contributed by atoms with Crippen LogP contribution in [-0.4, -0.2) is 56.6 Å². The SMILES string of the molecule is COc1ccc(CC(=O)N2CCC3(CC2)CC(=O)c2c(OC)cc(OC)cc2O3)cc1. The lowest BCUT2D eigenvalue weighted by atomic mass is 9.82. The smallest absolute Gasteiger partial charge is 0.226 e. The molecular formula is C24H27NO6. The number of rotatable bonds is 5. The fourth-order valence-corrected chi connectivity index (χ4v) is 4.32. The topological polar surface area (TPSA) is 74.3 Å². The molecule has 0 unspecified atom stereocenters. The van der Waals surface area contributed by atoms with Gasteiger partial charge in [0.2, 0.25) is 5.91 Å². The summed E-state index contributed by atoms with van der Waals surface area (Å²) < 4.78 is 22.2. The molecule has 0 atom stereocenters. The van der Waals surface area contributed by atoms with E-state index >= 15 is 0 Å². The Hall–Kier alpha value is -3.22. The summed E-state index contributed by atoms with van der Waals surface area (Å²) in [5.41, 5.74) is 0.813. The molecule has 0 saturated carbocycles. The van der Waals surface area contributed by atoms with E-state index in [1.165, 1.54) is 7.11 Å². The number of ketones is 1. The summed E-state index contributed by atoms with van der Waals surface area (Å²) in [5, 5.41) is 0. The Bertz CT molecular complexity index is 976. The number of benzene rings is 2. The molecule has 31 heavy (non-hydrogen) atoms. The predicted octanol–water partition coefficient (Wildman–Crippen LogP) is 3.28. The van der Waals surface area contributed by atoms with Crippen LogP contribution in [0.2, 0.25) is 0 Å². The monoisotopic (exact) mass is 425 g/mol. The number of methoxy groups -OCH3 is 3. The maximum atomic E-state index is 13.0. The standard InChI is InChI=1S/C24H27NO6/c1-28-17-6-4-16(5-7-17)12-22(27)25-10-8-24(9-11-25)15-19(26)23-20(30-3)13-18(29-2)14-21(23)31-24/h4-7,13-14H,8-12,15H2,1-3H3. The molecule has 1 fully saturated rings. The molecule has 0 N–H and O–H groups in total. The first kappa shape index (κ1) is 21.0. The van der Waals surface area contributed by atoms with Gasteiger partial charge < -0.3 is 23.8 Å². The number of fused-ring (bicyclic) bond motifs is 1. The van der Waals surface area contributed by atoms with E-state index in [2.05, 4.69) is 0 Å². The number of ether oxygens (including phenoxy) is 4. The third-order valence-electron chi connectivity index (χ3n) is 6.12. The second kappa shape index (κ2) is 8.49. The van der Waals surface area contributed by atoms with Crippen LogP contribution in [0.3, 0.4) is 0 Å². The van der Waals surface area contributed by atoms with Gasteiger partial charge in [0.05, 0.1) is 34.2 Å². The molecule has 1 amide bonds. The van der Waals surface area contributed by atoms with Gasteiger partial charge in [-0.05, 0) is 17.7 Å². The molecule has 2 aliphatic rings. The van der Waals surface area contributed by atoms with E-state index < -0.39 is 5.60 Å². The molecule has 2 aromatic rings. The summed E-state index contributed by atoms with van der Waals surface area (Å²) in [7, 11) is 4.71. The minimum absolute atomic E-state index is 0.00115. The Kier molecular flexibility index (Phi) is 5.76. The zero-order valence-corrected chi connectivity index (χ0v) is 18.1. The molecule has 164 valence electrons. The quantitative estimate of drug-likeness (QED) is 0.732. The molecule has 7 heteroatoms. The number of hydrogen-bond donors (Lipinski definition) is 0. The molecule has 2 aliphatic heterocycles. The molecule has 0 aliphatic carbocycles. The van der Waals surface area contributed by atoms with Crippen LogP contribution in [0.1, 0.15) is 35.2 Å². The molecule has 0 aromatic heterocycles. The van der Waals surface area contributed by atoms with Gasteiger partial charge >= 0.3 is 0 Å². The van der Waals surface area contributed by atoms with Crippen LogP contribution in [-0.2, 0) is 11.2 Å².